The Morgan fingerprint density at radius 2 is 1.96 bits per heavy atom. The van der Waals surface area contributed by atoms with Crippen LogP contribution in [-0.4, -0.2) is 53.4 Å². The molecule has 1 fully saturated rings. The van der Waals surface area contributed by atoms with Crippen LogP contribution < -0.4 is 10.2 Å². The van der Waals surface area contributed by atoms with Gasteiger partial charge in [-0.2, -0.15) is 0 Å². The van der Waals surface area contributed by atoms with Crippen LogP contribution in [0.5, 0.6) is 0 Å². The Morgan fingerprint density at radius 1 is 1.15 bits per heavy atom. The average Bonchev–Trinajstić information content (AvgIpc) is 3.16. The summed E-state index contributed by atoms with van der Waals surface area (Å²) in [6, 6.07) is 8.62. The second-order valence-corrected chi connectivity index (χ2v) is 6.39. The highest BCUT2D eigenvalue weighted by molar-refractivity contribution is 5.92. The minimum absolute atomic E-state index is 0.0975. The van der Waals surface area contributed by atoms with Gasteiger partial charge in [0.25, 0.3) is 11.6 Å². The smallest absolute Gasteiger partial charge is 0.292 e. The standard InChI is InChI=1S/C18H19N5O3/c24-18(15-3-1-2-7-19-15)22-11-9-21(10-12-22)17-13-6-8-20-14(13)4-5-16(17)23(25)26/h1-5,7,20H,6,8-12H2. The number of anilines is 2. The predicted octanol–water partition coefficient (Wildman–Crippen LogP) is 1.92. The largest absolute Gasteiger partial charge is 0.384 e. The molecule has 0 radical (unpaired) electrons. The molecule has 8 heteroatoms. The third-order valence-corrected chi connectivity index (χ3v) is 4.92. The van der Waals surface area contributed by atoms with Crippen LogP contribution in [0.4, 0.5) is 17.1 Å². The number of fused-ring (bicyclic) bond motifs is 1. The van der Waals surface area contributed by atoms with Crippen LogP contribution in [0, 0.1) is 10.1 Å². The second kappa shape index (κ2) is 6.62. The molecule has 26 heavy (non-hydrogen) atoms. The van der Waals surface area contributed by atoms with Crippen molar-refractivity contribution >= 4 is 23.0 Å². The topological polar surface area (TPSA) is 91.6 Å². The van der Waals surface area contributed by atoms with E-state index < -0.39 is 0 Å². The molecule has 1 saturated heterocycles. The highest BCUT2D eigenvalue weighted by Gasteiger charge is 2.31. The molecule has 0 saturated carbocycles. The molecular formula is C18H19N5O3. The number of pyridine rings is 1. The van der Waals surface area contributed by atoms with E-state index in [1.807, 2.05) is 4.90 Å². The lowest BCUT2D eigenvalue weighted by Crippen LogP contribution is -2.49. The average molecular weight is 353 g/mol. The summed E-state index contributed by atoms with van der Waals surface area (Å²) in [7, 11) is 0. The Kier molecular flexibility index (Phi) is 4.16. The molecule has 0 spiro atoms. The highest BCUT2D eigenvalue weighted by atomic mass is 16.6. The van der Waals surface area contributed by atoms with Crippen LogP contribution in [0.25, 0.3) is 0 Å². The first-order valence-electron chi connectivity index (χ1n) is 8.64. The van der Waals surface area contributed by atoms with E-state index in [0.29, 0.717) is 37.6 Å². The Labute approximate surface area is 150 Å². The lowest BCUT2D eigenvalue weighted by atomic mass is 10.1. The fraction of sp³-hybridized carbons (Fsp3) is 0.333. The van der Waals surface area contributed by atoms with Crippen LogP contribution in [0.1, 0.15) is 16.1 Å². The van der Waals surface area contributed by atoms with Gasteiger partial charge in [0, 0.05) is 56.2 Å². The number of aromatic nitrogens is 1. The molecule has 0 aliphatic carbocycles. The maximum Gasteiger partial charge on any atom is 0.292 e. The van der Waals surface area contributed by atoms with Crippen LogP contribution in [-0.2, 0) is 6.42 Å². The maximum atomic E-state index is 12.5. The number of hydrogen-bond donors (Lipinski definition) is 1. The van der Waals surface area contributed by atoms with Gasteiger partial charge in [-0.25, -0.2) is 0 Å². The minimum Gasteiger partial charge on any atom is -0.384 e. The molecule has 1 aromatic carbocycles. The normalized spacial score (nSPS) is 16.2. The zero-order chi connectivity index (χ0) is 18.1. The van der Waals surface area contributed by atoms with Gasteiger partial charge in [0.2, 0.25) is 0 Å². The predicted molar refractivity (Wildman–Crippen MR) is 97.6 cm³/mol. The summed E-state index contributed by atoms with van der Waals surface area (Å²) in [5.74, 6) is -0.0975. The summed E-state index contributed by atoms with van der Waals surface area (Å²) in [5.41, 5.74) is 3.23. The first-order chi connectivity index (χ1) is 12.6. The summed E-state index contributed by atoms with van der Waals surface area (Å²) in [4.78, 5) is 31.6. The number of nitro benzene ring substituents is 1. The number of hydrogen-bond acceptors (Lipinski definition) is 6. The first-order valence-corrected chi connectivity index (χ1v) is 8.64. The quantitative estimate of drug-likeness (QED) is 0.670. The van der Waals surface area contributed by atoms with Gasteiger partial charge in [-0.15, -0.1) is 0 Å². The van der Waals surface area contributed by atoms with Gasteiger partial charge >= 0.3 is 0 Å². The van der Waals surface area contributed by atoms with Crippen molar-refractivity contribution in [2.75, 3.05) is 42.9 Å². The van der Waals surface area contributed by atoms with Gasteiger partial charge < -0.3 is 15.1 Å². The van der Waals surface area contributed by atoms with Crippen molar-refractivity contribution < 1.29 is 9.72 Å². The lowest BCUT2D eigenvalue weighted by Gasteiger charge is -2.36. The number of carbonyl (C=O) groups excluding carboxylic acids is 1. The third kappa shape index (κ3) is 2.83. The van der Waals surface area contributed by atoms with Gasteiger partial charge in [-0.1, -0.05) is 6.07 Å². The van der Waals surface area contributed by atoms with E-state index in [0.717, 1.165) is 24.2 Å². The third-order valence-electron chi connectivity index (χ3n) is 4.92. The molecule has 2 aliphatic heterocycles. The number of piperazine rings is 1. The fourth-order valence-electron chi connectivity index (χ4n) is 3.65. The summed E-state index contributed by atoms with van der Waals surface area (Å²) in [6.45, 7) is 2.96. The second-order valence-electron chi connectivity index (χ2n) is 6.39. The Hall–Kier alpha value is -3.16. The first kappa shape index (κ1) is 16.3. The van der Waals surface area contributed by atoms with E-state index >= 15 is 0 Å². The van der Waals surface area contributed by atoms with Crippen molar-refractivity contribution in [1.29, 1.82) is 0 Å². The molecule has 1 N–H and O–H groups in total. The Morgan fingerprint density at radius 3 is 2.65 bits per heavy atom. The van der Waals surface area contributed by atoms with E-state index in [-0.39, 0.29) is 16.5 Å². The number of nitro groups is 1. The SMILES string of the molecule is O=C(c1ccccn1)N1CCN(c2c([N+](=O)[O-])ccc3c2CCN3)CC1. The van der Waals surface area contributed by atoms with E-state index in [1.165, 1.54) is 0 Å². The molecule has 1 aromatic heterocycles. The van der Waals surface area contributed by atoms with E-state index in [2.05, 4.69) is 10.3 Å². The summed E-state index contributed by atoms with van der Waals surface area (Å²) < 4.78 is 0. The van der Waals surface area contributed by atoms with Crippen molar-refractivity contribution in [3.05, 3.63) is 57.9 Å². The number of nitrogens with one attached hydrogen (secondary N) is 1. The molecule has 8 nitrogen and oxygen atoms in total. The van der Waals surface area contributed by atoms with Crippen LogP contribution in [0.2, 0.25) is 0 Å². The summed E-state index contributed by atoms with van der Waals surface area (Å²) >= 11 is 0. The van der Waals surface area contributed by atoms with Crippen LogP contribution >= 0.6 is 0 Å². The zero-order valence-electron chi connectivity index (χ0n) is 14.2. The minimum atomic E-state index is -0.320. The number of benzene rings is 1. The van der Waals surface area contributed by atoms with Crippen LogP contribution in [0.3, 0.4) is 0 Å². The molecule has 2 aliphatic rings. The van der Waals surface area contributed by atoms with Gasteiger partial charge in [-0.05, 0) is 24.6 Å². The molecule has 4 rings (SSSR count). The van der Waals surface area contributed by atoms with Crippen molar-refractivity contribution in [3.8, 4) is 0 Å². The van der Waals surface area contributed by atoms with Crippen molar-refractivity contribution in [2.24, 2.45) is 0 Å². The molecule has 1 amide bonds. The molecule has 134 valence electrons. The molecule has 3 heterocycles. The van der Waals surface area contributed by atoms with Gasteiger partial charge in [0.05, 0.1) is 4.92 Å². The van der Waals surface area contributed by atoms with E-state index in [1.54, 1.807) is 41.4 Å². The molecule has 2 aromatic rings. The number of carbonyl (C=O) groups is 1. The summed E-state index contributed by atoms with van der Waals surface area (Å²) in [6.07, 6.45) is 2.38. The van der Waals surface area contributed by atoms with E-state index in [9.17, 15) is 14.9 Å². The fourth-order valence-corrected chi connectivity index (χ4v) is 3.65. The lowest BCUT2D eigenvalue weighted by molar-refractivity contribution is -0.384. The van der Waals surface area contributed by atoms with Crippen molar-refractivity contribution in [3.63, 3.8) is 0 Å². The van der Waals surface area contributed by atoms with Crippen LogP contribution in [0.15, 0.2) is 36.5 Å². The van der Waals surface area contributed by atoms with Crippen molar-refractivity contribution in [1.82, 2.24) is 9.88 Å². The van der Waals surface area contributed by atoms with Gasteiger partial charge in [-0.3, -0.25) is 19.9 Å². The molecule has 0 atom stereocenters. The number of amides is 1. The Balaban J connectivity index is 1.55. The highest BCUT2D eigenvalue weighted by Crippen LogP contribution is 2.39. The number of nitrogens with zero attached hydrogens (tertiary/aromatic N) is 4. The van der Waals surface area contributed by atoms with Gasteiger partial charge in [0.15, 0.2) is 0 Å². The van der Waals surface area contributed by atoms with E-state index in [4.69, 9.17) is 0 Å². The monoisotopic (exact) mass is 353 g/mol. The zero-order valence-corrected chi connectivity index (χ0v) is 14.2. The van der Waals surface area contributed by atoms with Gasteiger partial charge in [0.1, 0.15) is 11.4 Å². The number of rotatable bonds is 3. The molecular weight excluding hydrogens is 334 g/mol. The van der Waals surface area contributed by atoms with Crippen molar-refractivity contribution in [2.45, 2.75) is 6.42 Å². The molecule has 0 unspecified atom stereocenters. The maximum absolute atomic E-state index is 12.5. The molecule has 0 bridgehead atoms. The summed E-state index contributed by atoms with van der Waals surface area (Å²) in [5, 5.41) is 14.8. The Bertz CT molecular complexity index is 847.